The summed E-state index contributed by atoms with van der Waals surface area (Å²) in [5.74, 6) is -0.349. The van der Waals surface area contributed by atoms with Gasteiger partial charge in [0.15, 0.2) is 5.78 Å². The van der Waals surface area contributed by atoms with Crippen LogP contribution in [0.2, 0.25) is 5.02 Å². The molecule has 1 heterocycles. The van der Waals surface area contributed by atoms with Crippen molar-refractivity contribution in [1.82, 2.24) is 4.57 Å². The summed E-state index contributed by atoms with van der Waals surface area (Å²) in [5, 5.41) is 1.37. The van der Waals surface area contributed by atoms with E-state index in [1.807, 2.05) is 42.5 Å². The van der Waals surface area contributed by atoms with Crippen molar-refractivity contribution >= 4 is 34.3 Å². The summed E-state index contributed by atoms with van der Waals surface area (Å²) in [6.07, 6.45) is 1.89. The fourth-order valence-corrected chi connectivity index (χ4v) is 6.02. The highest BCUT2D eigenvalue weighted by atomic mass is 35.5. The molecule has 1 aliphatic rings. The van der Waals surface area contributed by atoms with E-state index in [4.69, 9.17) is 16.3 Å². The van der Waals surface area contributed by atoms with Gasteiger partial charge in [-0.15, -0.1) is 0 Å². The maximum absolute atomic E-state index is 13.8. The lowest BCUT2D eigenvalue weighted by molar-refractivity contribution is 0.0603. The first-order valence-corrected chi connectivity index (χ1v) is 13.5. The quantitative estimate of drug-likeness (QED) is 0.211. The third kappa shape index (κ3) is 4.77. The SMILES string of the molecule is COC(=O)c1cccc2c1c1c(n2Cc2ccccc2Cc2ccccc2)CC(c2ccc(Cl)cc2)CC1=O. The van der Waals surface area contributed by atoms with Crippen molar-refractivity contribution in [3.63, 3.8) is 0 Å². The molecule has 0 spiro atoms. The number of fused-ring (bicyclic) bond motifs is 3. The van der Waals surface area contributed by atoms with Gasteiger partial charge in [-0.05, 0) is 65.3 Å². The molecular formula is C34H28ClNO3. The Morgan fingerprint density at radius 3 is 2.33 bits per heavy atom. The van der Waals surface area contributed by atoms with E-state index in [1.54, 1.807) is 6.07 Å². The maximum atomic E-state index is 13.8. The average Bonchev–Trinajstić information content (AvgIpc) is 3.28. The number of benzene rings is 4. The number of carbonyl (C=O) groups excluding carboxylic acids is 2. The van der Waals surface area contributed by atoms with E-state index >= 15 is 0 Å². The first-order chi connectivity index (χ1) is 19.0. The van der Waals surface area contributed by atoms with Crippen LogP contribution in [0.1, 0.15) is 61.0 Å². The van der Waals surface area contributed by atoms with Gasteiger partial charge < -0.3 is 9.30 Å². The van der Waals surface area contributed by atoms with Crippen LogP contribution in [0.4, 0.5) is 0 Å². The predicted molar refractivity (Wildman–Crippen MR) is 155 cm³/mol. The van der Waals surface area contributed by atoms with E-state index in [0.29, 0.717) is 40.9 Å². The first-order valence-electron chi connectivity index (χ1n) is 13.1. The van der Waals surface area contributed by atoms with Crippen molar-refractivity contribution in [3.05, 3.63) is 141 Å². The zero-order valence-electron chi connectivity index (χ0n) is 21.7. The Kier molecular flexibility index (Phi) is 6.80. The van der Waals surface area contributed by atoms with Crippen LogP contribution in [-0.2, 0) is 24.1 Å². The Bertz CT molecular complexity index is 1690. The second-order valence-electron chi connectivity index (χ2n) is 10.1. The smallest absolute Gasteiger partial charge is 0.338 e. The van der Waals surface area contributed by atoms with Gasteiger partial charge in [0.25, 0.3) is 0 Å². The Labute approximate surface area is 232 Å². The van der Waals surface area contributed by atoms with Gasteiger partial charge in [0, 0.05) is 34.6 Å². The Balaban J connectivity index is 1.50. The van der Waals surface area contributed by atoms with Gasteiger partial charge >= 0.3 is 5.97 Å². The van der Waals surface area contributed by atoms with E-state index in [9.17, 15) is 9.59 Å². The number of nitrogens with zero attached hydrogens (tertiary/aromatic N) is 1. The Morgan fingerprint density at radius 2 is 1.59 bits per heavy atom. The molecule has 4 aromatic carbocycles. The number of hydrogen-bond acceptors (Lipinski definition) is 3. The second-order valence-corrected chi connectivity index (χ2v) is 10.5. The summed E-state index contributed by atoms with van der Waals surface area (Å²) in [5.41, 5.74) is 7.68. The van der Waals surface area contributed by atoms with Gasteiger partial charge in [-0.1, -0.05) is 84.4 Å². The number of ketones is 1. The summed E-state index contributed by atoms with van der Waals surface area (Å²) in [6, 6.07) is 32.3. The fourth-order valence-electron chi connectivity index (χ4n) is 5.90. The number of rotatable bonds is 6. The zero-order valence-corrected chi connectivity index (χ0v) is 22.4. The molecule has 1 unspecified atom stereocenters. The molecule has 0 bridgehead atoms. The highest BCUT2D eigenvalue weighted by molar-refractivity contribution is 6.30. The Hall–Kier alpha value is -4.15. The standard InChI is InChI=1S/C34H28ClNO3/c1-39-34(38)28-12-7-13-29-32(28)33-30(19-26(20-31(33)37)23-14-16-27(35)17-15-23)36(29)21-25-11-6-5-10-24(25)18-22-8-3-2-4-9-22/h2-17,26H,18-21H2,1H3. The first kappa shape index (κ1) is 25.1. The van der Waals surface area contributed by atoms with Crippen LogP contribution in [0.3, 0.4) is 0 Å². The minimum Gasteiger partial charge on any atom is -0.465 e. The molecule has 5 aromatic rings. The number of methoxy groups -OCH3 is 1. The largest absolute Gasteiger partial charge is 0.465 e. The van der Waals surface area contributed by atoms with Crippen LogP contribution in [0, 0.1) is 0 Å². The molecule has 0 radical (unpaired) electrons. The number of Topliss-reactive ketones (excluding diaryl/α,β-unsaturated/α-hetero) is 1. The van der Waals surface area contributed by atoms with Crippen LogP contribution >= 0.6 is 11.6 Å². The van der Waals surface area contributed by atoms with Crippen LogP contribution in [0.5, 0.6) is 0 Å². The van der Waals surface area contributed by atoms with Crippen LogP contribution in [0.15, 0.2) is 97.1 Å². The molecule has 1 aliphatic carbocycles. The molecule has 0 aliphatic heterocycles. The molecule has 194 valence electrons. The molecule has 6 rings (SSSR count). The van der Waals surface area contributed by atoms with Crippen molar-refractivity contribution in [2.24, 2.45) is 0 Å². The molecule has 1 aromatic heterocycles. The normalized spacial score (nSPS) is 14.8. The number of esters is 1. The van der Waals surface area contributed by atoms with Crippen LogP contribution in [0.25, 0.3) is 10.9 Å². The number of hydrogen-bond donors (Lipinski definition) is 0. The lowest BCUT2D eigenvalue weighted by atomic mass is 9.81. The lowest BCUT2D eigenvalue weighted by Gasteiger charge is -2.24. The molecule has 0 saturated carbocycles. The van der Waals surface area contributed by atoms with Gasteiger partial charge in [0.1, 0.15) is 0 Å². The number of ether oxygens (including phenoxy) is 1. The summed E-state index contributed by atoms with van der Waals surface area (Å²) in [4.78, 5) is 26.6. The third-order valence-electron chi connectivity index (χ3n) is 7.78. The monoisotopic (exact) mass is 533 g/mol. The minimum absolute atomic E-state index is 0.0338. The maximum Gasteiger partial charge on any atom is 0.338 e. The average molecular weight is 534 g/mol. The number of aromatic nitrogens is 1. The van der Waals surface area contributed by atoms with Crippen molar-refractivity contribution < 1.29 is 14.3 Å². The minimum atomic E-state index is -0.433. The number of halogens is 1. The van der Waals surface area contributed by atoms with Gasteiger partial charge in [-0.25, -0.2) is 4.79 Å². The van der Waals surface area contributed by atoms with Crippen molar-refractivity contribution in [2.45, 2.75) is 31.7 Å². The topological polar surface area (TPSA) is 48.3 Å². The summed E-state index contributed by atoms with van der Waals surface area (Å²) in [7, 11) is 1.38. The molecule has 4 nitrogen and oxygen atoms in total. The molecule has 0 fully saturated rings. The molecule has 1 atom stereocenters. The predicted octanol–water partition coefficient (Wildman–Crippen LogP) is 7.63. The van der Waals surface area contributed by atoms with Crippen LogP contribution < -0.4 is 0 Å². The van der Waals surface area contributed by atoms with Gasteiger partial charge in [-0.3, -0.25) is 4.79 Å². The highest BCUT2D eigenvalue weighted by Gasteiger charge is 2.34. The van der Waals surface area contributed by atoms with E-state index < -0.39 is 5.97 Å². The highest BCUT2D eigenvalue weighted by Crippen LogP contribution is 2.40. The lowest BCUT2D eigenvalue weighted by Crippen LogP contribution is -2.21. The summed E-state index contributed by atoms with van der Waals surface area (Å²) in [6.45, 7) is 0.597. The molecular weight excluding hydrogens is 506 g/mol. The van der Waals surface area contributed by atoms with E-state index in [0.717, 1.165) is 23.2 Å². The van der Waals surface area contributed by atoms with E-state index in [2.05, 4.69) is 53.1 Å². The number of carbonyl (C=O) groups is 2. The Morgan fingerprint density at radius 1 is 0.872 bits per heavy atom. The fraction of sp³-hybridized carbons (Fsp3) is 0.176. The van der Waals surface area contributed by atoms with Gasteiger partial charge in [0.2, 0.25) is 0 Å². The second kappa shape index (κ2) is 10.5. The van der Waals surface area contributed by atoms with Gasteiger partial charge in [-0.2, -0.15) is 0 Å². The van der Waals surface area contributed by atoms with Crippen molar-refractivity contribution in [1.29, 1.82) is 0 Å². The summed E-state index contributed by atoms with van der Waals surface area (Å²) < 4.78 is 7.35. The zero-order chi connectivity index (χ0) is 26.9. The molecule has 0 amide bonds. The van der Waals surface area contributed by atoms with Gasteiger partial charge in [0.05, 0.1) is 18.2 Å². The summed E-state index contributed by atoms with van der Waals surface area (Å²) >= 11 is 6.15. The molecule has 0 saturated heterocycles. The molecule has 0 N–H and O–H groups in total. The molecule has 39 heavy (non-hydrogen) atoms. The van der Waals surface area contributed by atoms with Crippen molar-refractivity contribution in [2.75, 3.05) is 7.11 Å². The van der Waals surface area contributed by atoms with Crippen LogP contribution in [-0.4, -0.2) is 23.4 Å². The van der Waals surface area contributed by atoms with E-state index in [1.165, 1.54) is 23.8 Å². The van der Waals surface area contributed by atoms with E-state index in [-0.39, 0.29) is 11.7 Å². The molecule has 5 heteroatoms. The third-order valence-corrected chi connectivity index (χ3v) is 8.03. The van der Waals surface area contributed by atoms with Crippen molar-refractivity contribution in [3.8, 4) is 0 Å².